The fourth-order valence-electron chi connectivity index (χ4n) is 4.13. The van der Waals surface area contributed by atoms with Gasteiger partial charge >= 0.3 is 0 Å². The van der Waals surface area contributed by atoms with E-state index in [-0.39, 0.29) is 5.91 Å². The first-order chi connectivity index (χ1) is 13.9. The Labute approximate surface area is 173 Å². The first kappa shape index (κ1) is 21.3. The standard InChI is InChI=1S/C15H14N2O.C8H19N3/c1-9-7-10(2)16-14(9)8-12-11-5-3-4-6-13(11)17-15(12)18;1-7-5-11(4-3-9)6-8(2)10-7/h3-8,16H,1-2H3,(H,17,18);7-8,10H,3-6,9H2,1-2H3/b12-8-;. The normalized spacial score (nSPS) is 22.8. The number of piperazine rings is 1. The van der Waals surface area contributed by atoms with Crippen molar-refractivity contribution in [2.75, 3.05) is 31.5 Å². The maximum Gasteiger partial charge on any atom is 0.256 e. The van der Waals surface area contributed by atoms with E-state index in [4.69, 9.17) is 5.73 Å². The molecular weight excluding hydrogens is 362 g/mol. The summed E-state index contributed by atoms with van der Waals surface area (Å²) >= 11 is 0. The van der Waals surface area contributed by atoms with Crippen LogP contribution in [0, 0.1) is 13.8 Å². The van der Waals surface area contributed by atoms with E-state index in [2.05, 4.69) is 40.4 Å². The summed E-state index contributed by atoms with van der Waals surface area (Å²) in [6.07, 6.45) is 1.92. The van der Waals surface area contributed by atoms with Crippen LogP contribution in [0.3, 0.4) is 0 Å². The van der Waals surface area contributed by atoms with Crippen molar-refractivity contribution in [1.82, 2.24) is 15.2 Å². The fourth-order valence-corrected chi connectivity index (χ4v) is 4.13. The molecule has 6 nitrogen and oxygen atoms in total. The van der Waals surface area contributed by atoms with Gasteiger partial charge in [0.25, 0.3) is 5.91 Å². The average Bonchev–Trinajstić information content (AvgIpc) is 3.14. The minimum atomic E-state index is -0.0390. The Morgan fingerprint density at radius 1 is 1.17 bits per heavy atom. The van der Waals surface area contributed by atoms with Gasteiger partial charge in [0.1, 0.15) is 0 Å². The molecule has 0 radical (unpaired) electrons. The number of nitrogens with two attached hydrogens (primary N) is 1. The summed E-state index contributed by atoms with van der Waals surface area (Å²) in [6, 6.07) is 11.1. The molecule has 2 aliphatic rings. The zero-order chi connectivity index (χ0) is 21.0. The van der Waals surface area contributed by atoms with Crippen LogP contribution in [0.2, 0.25) is 0 Å². The van der Waals surface area contributed by atoms with Crippen LogP contribution in [-0.2, 0) is 4.79 Å². The monoisotopic (exact) mass is 395 g/mol. The summed E-state index contributed by atoms with van der Waals surface area (Å²) < 4.78 is 0. The van der Waals surface area contributed by atoms with Crippen molar-refractivity contribution in [2.45, 2.75) is 39.8 Å². The highest BCUT2D eigenvalue weighted by atomic mass is 16.2. The smallest absolute Gasteiger partial charge is 0.256 e. The summed E-state index contributed by atoms with van der Waals surface area (Å²) in [5.74, 6) is -0.0390. The molecule has 2 aliphatic heterocycles. The van der Waals surface area contributed by atoms with Gasteiger partial charge in [-0.2, -0.15) is 0 Å². The Kier molecular flexibility index (Phi) is 6.90. The predicted molar refractivity (Wildman–Crippen MR) is 121 cm³/mol. The molecule has 0 spiro atoms. The third-order valence-corrected chi connectivity index (χ3v) is 5.27. The second kappa shape index (κ2) is 9.39. The van der Waals surface area contributed by atoms with Gasteiger partial charge in [-0.1, -0.05) is 18.2 Å². The first-order valence-electron chi connectivity index (χ1n) is 10.3. The Morgan fingerprint density at radius 2 is 1.86 bits per heavy atom. The summed E-state index contributed by atoms with van der Waals surface area (Å²) in [6.45, 7) is 12.6. The second-order valence-corrected chi connectivity index (χ2v) is 8.12. The molecule has 2 atom stereocenters. The lowest BCUT2D eigenvalue weighted by Crippen LogP contribution is -2.54. The number of hydrogen-bond acceptors (Lipinski definition) is 4. The van der Waals surface area contributed by atoms with Gasteiger partial charge in [0, 0.05) is 60.9 Å². The van der Waals surface area contributed by atoms with Crippen LogP contribution in [0.4, 0.5) is 5.69 Å². The molecule has 0 bridgehead atoms. The predicted octanol–water partition coefficient (Wildman–Crippen LogP) is 2.75. The van der Waals surface area contributed by atoms with Crippen molar-refractivity contribution in [3.05, 3.63) is 52.8 Å². The molecule has 3 heterocycles. The van der Waals surface area contributed by atoms with Crippen molar-refractivity contribution in [1.29, 1.82) is 0 Å². The van der Waals surface area contributed by atoms with Crippen LogP contribution < -0.4 is 16.4 Å². The molecule has 29 heavy (non-hydrogen) atoms. The number of para-hydroxylation sites is 1. The quantitative estimate of drug-likeness (QED) is 0.602. The number of aromatic amines is 1. The molecule has 5 N–H and O–H groups in total. The van der Waals surface area contributed by atoms with Gasteiger partial charge < -0.3 is 21.4 Å². The zero-order valence-electron chi connectivity index (χ0n) is 17.9. The molecular formula is C23H33N5O. The molecule has 156 valence electrons. The van der Waals surface area contributed by atoms with Crippen LogP contribution in [0.25, 0.3) is 11.6 Å². The summed E-state index contributed by atoms with van der Waals surface area (Å²) in [4.78, 5) is 17.6. The molecule has 1 saturated heterocycles. The molecule has 1 aromatic carbocycles. The van der Waals surface area contributed by atoms with Crippen LogP contribution in [0.5, 0.6) is 0 Å². The van der Waals surface area contributed by atoms with E-state index < -0.39 is 0 Å². The van der Waals surface area contributed by atoms with Gasteiger partial charge in [0.2, 0.25) is 0 Å². The molecule has 4 rings (SSSR count). The first-order valence-corrected chi connectivity index (χ1v) is 10.3. The molecule has 0 aliphatic carbocycles. The maximum absolute atomic E-state index is 12.0. The summed E-state index contributed by atoms with van der Waals surface area (Å²) in [7, 11) is 0. The van der Waals surface area contributed by atoms with Gasteiger partial charge in [-0.25, -0.2) is 0 Å². The lowest BCUT2D eigenvalue weighted by Gasteiger charge is -2.35. The lowest BCUT2D eigenvalue weighted by atomic mass is 10.1. The number of nitrogens with zero attached hydrogens (tertiary/aromatic N) is 1. The van der Waals surface area contributed by atoms with E-state index in [9.17, 15) is 4.79 Å². The van der Waals surface area contributed by atoms with Crippen LogP contribution in [0.15, 0.2) is 30.3 Å². The number of hydrogen-bond donors (Lipinski definition) is 4. The highest BCUT2D eigenvalue weighted by Crippen LogP contribution is 2.32. The molecule has 2 unspecified atom stereocenters. The molecule has 6 heteroatoms. The largest absolute Gasteiger partial charge is 0.359 e. The van der Waals surface area contributed by atoms with Crippen LogP contribution >= 0.6 is 0 Å². The molecule has 1 aromatic heterocycles. The number of benzene rings is 1. The Hall–Kier alpha value is -2.41. The topological polar surface area (TPSA) is 86.2 Å². The number of anilines is 1. The number of fused-ring (bicyclic) bond motifs is 1. The van der Waals surface area contributed by atoms with Gasteiger partial charge in [-0.3, -0.25) is 9.69 Å². The number of amides is 1. The van der Waals surface area contributed by atoms with Gasteiger partial charge in [-0.15, -0.1) is 0 Å². The molecule has 0 saturated carbocycles. The van der Waals surface area contributed by atoms with Gasteiger partial charge in [0.15, 0.2) is 0 Å². The Balaban J connectivity index is 0.000000188. The van der Waals surface area contributed by atoms with E-state index in [1.54, 1.807) is 0 Å². The number of H-pyrrole nitrogens is 1. The minimum absolute atomic E-state index is 0.0390. The number of carbonyl (C=O) groups excluding carboxylic acids is 1. The van der Waals surface area contributed by atoms with Crippen LogP contribution in [0.1, 0.15) is 36.4 Å². The minimum Gasteiger partial charge on any atom is -0.359 e. The van der Waals surface area contributed by atoms with Crippen molar-refractivity contribution in [3.63, 3.8) is 0 Å². The number of carbonyl (C=O) groups is 1. The maximum atomic E-state index is 12.0. The Morgan fingerprint density at radius 3 is 2.48 bits per heavy atom. The third-order valence-electron chi connectivity index (χ3n) is 5.27. The van der Waals surface area contributed by atoms with Crippen molar-refractivity contribution < 1.29 is 4.79 Å². The highest BCUT2D eigenvalue weighted by molar-refractivity contribution is 6.34. The number of aromatic nitrogens is 1. The van der Waals surface area contributed by atoms with E-state index in [1.165, 1.54) is 0 Å². The van der Waals surface area contributed by atoms with Gasteiger partial charge in [-0.05, 0) is 51.5 Å². The number of nitrogens with one attached hydrogen (secondary N) is 3. The van der Waals surface area contributed by atoms with E-state index in [1.807, 2.05) is 44.2 Å². The molecule has 1 fully saturated rings. The number of aryl methyl sites for hydroxylation is 2. The Bertz CT molecular complexity index is 875. The van der Waals surface area contributed by atoms with Gasteiger partial charge in [0.05, 0.1) is 5.57 Å². The van der Waals surface area contributed by atoms with Crippen molar-refractivity contribution >= 4 is 23.2 Å². The van der Waals surface area contributed by atoms with Crippen molar-refractivity contribution in [3.8, 4) is 0 Å². The molecule has 2 aromatic rings. The van der Waals surface area contributed by atoms with Crippen molar-refractivity contribution in [2.24, 2.45) is 5.73 Å². The molecule has 1 amide bonds. The third kappa shape index (κ3) is 5.35. The lowest BCUT2D eigenvalue weighted by molar-refractivity contribution is -0.110. The average molecular weight is 396 g/mol. The second-order valence-electron chi connectivity index (χ2n) is 8.12. The summed E-state index contributed by atoms with van der Waals surface area (Å²) in [5, 5.41) is 6.36. The van der Waals surface area contributed by atoms with Crippen LogP contribution in [-0.4, -0.2) is 54.1 Å². The van der Waals surface area contributed by atoms with E-state index in [0.29, 0.717) is 12.1 Å². The SMILES string of the molecule is CC1CN(CCN)CC(C)N1.Cc1cc(C)c(/C=C2\C(=O)Nc3ccccc32)[nH]1. The summed E-state index contributed by atoms with van der Waals surface area (Å²) in [5.41, 5.74) is 11.3. The highest BCUT2D eigenvalue weighted by Gasteiger charge is 2.23. The van der Waals surface area contributed by atoms with E-state index >= 15 is 0 Å². The number of rotatable bonds is 3. The fraction of sp³-hybridized carbons (Fsp3) is 0.435. The van der Waals surface area contributed by atoms with E-state index in [0.717, 1.165) is 60.0 Å². The zero-order valence-corrected chi connectivity index (χ0v) is 17.9.